The van der Waals surface area contributed by atoms with Crippen LogP contribution >= 0.6 is 0 Å². The maximum absolute atomic E-state index is 13.0. The monoisotopic (exact) mass is 516 g/mol. The third-order valence-electron chi connectivity index (χ3n) is 5.49. The number of hydrogen-bond acceptors (Lipinski definition) is 5. The summed E-state index contributed by atoms with van der Waals surface area (Å²) in [4.78, 5) is 29.3. The number of allylic oxidation sites excluding steroid dienone is 1. The number of hydrogen-bond donors (Lipinski definition) is 1. The Morgan fingerprint density at radius 3 is 2.29 bits per heavy atom. The van der Waals surface area contributed by atoms with Gasteiger partial charge in [-0.05, 0) is 70.4 Å². The molecule has 0 amide bonds. The molecular formula is C32H40N2O4. The molecule has 0 atom stereocenters. The third-order valence-corrected chi connectivity index (χ3v) is 5.49. The number of rotatable bonds is 8. The van der Waals surface area contributed by atoms with Crippen LogP contribution in [0.1, 0.15) is 63.9 Å². The van der Waals surface area contributed by atoms with E-state index < -0.39 is 5.60 Å². The first-order valence-electron chi connectivity index (χ1n) is 12.6. The molecule has 2 aromatic heterocycles. The van der Waals surface area contributed by atoms with E-state index in [4.69, 9.17) is 14.8 Å². The van der Waals surface area contributed by atoms with E-state index in [9.17, 15) is 9.59 Å². The first kappa shape index (κ1) is 32.1. The topological polar surface area (TPSA) is 81.4 Å². The van der Waals surface area contributed by atoms with Crippen LogP contribution in [0.3, 0.4) is 0 Å². The molecule has 2 heterocycles. The molecule has 202 valence electrons. The molecular weight excluding hydrogens is 476 g/mol. The van der Waals surface area contributed by atoms with E-state index in [1.165, 1.54) is 0 Å². The van der Waals surface area contributed by atoms with Crippen LogP contribution in [0.5, 0.6) is 5.75 Å². The highest BCUT2D eigenvalue weighted by Gasteiger charge is 2.22. The minimum Gasteiger partial charge on any atom is -0.493 e. The highest BCUT2D eigenvalue weighted by Crippen LogP contribution is 2.39. The molecule has 6 nitrogen and oxygen atoms in total. The van der Waals surface area contributed by atoms with Crippen molar-refractivity contribution in [1.82, 2.24) is 9.55 Å². The predicted octanol–water partition coefficient (Wildman–Crippen LogP) is 6.01. The maximum atomic E-state index is 13.0. The van der Waals surface area contributed by atoms with Gasteiger partial charge in [-0.15, -0.1) is 12.8 Å². The molecule has 0 saturated carbocycles. The lowest BCUT2D eigenvalue weighted by Gasteiger charge is -2.20. The molecule has 0 unspecified atom stereocenters. The molecule has 0 aliphatic heterocycles. The Labute approximate surface area is 226 Å². The number of terminal acetylenes is 1. The van der Waals surface area contributed by atoms with E-state index in [2.05, 4.69) is 26.3 Å². The van der Waals surface area contributed by atoms with Crippen molar-refractivity contribution in [3.8, 4) is 29.7 Å². The van der Waals surface area contributed by atoms with Crippen molar-refractivity contribution in [2.45, 2.75) is 60.0 Å². The number of nitrogens with zero attached hydrogens (tertiary/aromatic N) is 2. The van der Waals surface area contributed by atoms with Crippen molar-refractivity contribution in [3.63, 3.8) is 0 Å². The van der Waals surface area contributed by atoms with Crippen molar-refractivity contribution in [2.24, 2.45) is 7.05 Å². The minimum atomic E-state index is -0.500. The Morgan fingerprint density at radius 1 is 1.16 bits per heavy atom. The highest BCUT2D eigenvalue weighted by atomic mass is 16.5. The van der Waals surface area contributed by atoms with Crippen LogP contribution in [0.15, 0.2) is 41.8 Å². The SMILES string of the molecule is C#C.C=Cc1c(/C=C\C)c(-c2ccc(OCC)c3c(CC)ccnc23)c(CC=O)n(C)c1=O.CC(C)(C)O. The smallest absolute Gasteiger partial charge is 0.258 e. The van der Waals surface area contributed by atoms with Crippen LogP contribution in [0.25, 0.3) is 34.2 Å². The zero-order valence-corrected chi connectivity index (χ0v) is 23.7. The van der Waals surface area contributed by atoms with Crippen molar-refractivity contribution in [2.75, 3.05) is 6.61 Å². The molecule has 0 fully saturated rings. The number of ether oxygens (including phenoxy) is 1. The zero-order valence-electron chi connectivity index (χ0n) is 23.7. The molecule has 0 aliphatic rings. The van der Waals surface area contributed by atoms with Crippen LogP contribution in [0.4, 0.5) is 0 Å². The number of benzene rings is 1. The fourth-order valence-electron chi connectivity index (χ4n) is 4.11. The Morgan fingerprint density at radius 2 is 1.79 bits per heavy atom. The van der Waals surface area contributed by atoms with Gasteiger partial charge in [-0.3, -0.25) is 9.78 Å². The molecule has 0 spiro atoms. The maximum Gasteiger partial charge on any atom is 0.258 e. The van der Waals surface area contributed by atoms with E-state index >= 15 is 0 Å². The number of pyridine rings is 2. The summed E-state index contributed by atoms with van der Waals surface area (Å²) in [6.45, 7) is 15.6. The lowest BCUT2D eigenvalue weighted by Crippen LogP contribution is -2.25. The van der Waals surface area contributed by atoms with Crippen LogP contribution in [0, 0.1) is 12.8 Å². The average Bonchev–Trinajstić information content (AvgIpc) is 2.88. The van der Waals surface area contributed by atoms with E-state index in [1.807, 2.05) is 44.2 Å². The number of carbonyl (C=O) groups is 1. The molecule has 1 N–H and O–H groups in total. The summed E-state index contributed by atoms with van der Waals surface area (Å²) in [7, 11) is 1.69. The second-order valence-electron chi connectivity index (χ2n) is 9.35. The van der Waals surface area contributed by atoms with Crippen molar-refractivity contribution >= 4 is 29.3 Å². The molecule has 3 rings (SSSR count). The van der Waals surface area contributed by atoms with E-state index in [-0.39, 0.29) is 12.0 Å². The summed E-state index contributed by atoms with van der Waals surface area (Å²) in [6.07, 6.45) is 16.9. The largest absolute Gasteiger partial charge is 0.493 e. The number of aryl methyl sites for hydroxylation is 1. The van der Waals surface area contributed by atoms with Crippen LogP contribution < -0.4 is 10.3 Å². The Kier molecular flexibility index (Phi) is 12.4. The molecule has 0 radical (unpaired) electrons. The van der Waals surface area contributed by atoms with E-state index in [0.29, 0.717) is 17.9 Å². The standard InChI is InChI=1S/C26H28N2O3.C4H10O.C2H2/c1-6-10-19-18(8-3)26(30)28(5)21(14-16-29)24(19)20-11-12-22(31-9-4)23-17(7-2)13-15-27-25(20)23;1-4(2,3)5;1-2/h6,8,10-13,15-16H,3,7,9,14H2,1-2,4-5H3;5H,1-3H3;1-2H/b10-6-;;. The summed E-state index contributed by atoms with van der Waals surface area (Å²) in [5, 5.41) is 9.48. The molecule has 0 saturated heterocycles. The van der Waals surface area contributed by atoms with Gasteiger partial charge in [-0.1, -0.05) is 31.7 Å². The molecule has 0 aliphatic carbocycles. The van der Waals surface area contributed by atoms with Gasteiger partial charge in [0.15, 0.2) is 0 Å². The third kappa shape index (κ3) is 7.53. The van der Waals surface area contributed by atoms with Gasteiger partial charge in [-0.2, -0.15) is 0 Å². The normalized spacial score (nSPS) is 10.8. The predicted molar refractivity (Wildman–Crippen MR) is 159 cm³/mol. The first-order chi connectivity index (χ1) is 18.0. The summed E-state index contributed by atoms with van der Waals surface area (Å²) in [5.41, 5.74) is 4.80. The van der Waals surface area contributed by atoms with Crippen LogP contribution in [0.2, 0.25) is 0 Å². The molecule has 3 aromatic rings. The van der Waals surface area contributed by atoms with Gasteiger partial charge in [-0.25, -0.2) is 0 Å². The lowest BCUT2D eigenvalue weighted by molar-refractivity contribution is -0.107. The van der Waals surface area contributed by atoms with Crippen LogP contribution in [-0.4, -0.2) is 33.2 Å². The molecule has 0 bridgehead atoms. The van der Waals surface area contributed by atoms with Crippen molar-refractivity contribution in [3.05, 3.63) is 69.8 Å². The molecule has 38 heavy (non-hydrogen) atoms. The van der Waals surface area contributed by atoms with Crippen molar-refractivity contribution in [1.29, 1.82) is 0 Å². The molecule has 1 aromatic carbocycles. The number of aliphatic hydroxyl groups is 1. The van der Waals surface area contributed by atoms with Gasteiger partial charge in [0.1, 0.15) is 12.0 Å². The quantitative estimate of drug-likeness (QED) is 0.293. The summed E-state index contributed by atoms with van der Waals surface area (Å²) in [6, 6.07) is 5.92. The van der Waals surface area contributed by atoms with Gasteiger partial charge in [0.25, 0.3) is 5.56 Å². The zero-order chi connectivity index (χ0) is 29.0. The van der Waals surface area contributed by atoms with Gasteiger partial charge in [0.2, 0.25) is 0 Å². The summed E-state index contributed by atoms with van der Waals surface area (Å²) < 4.78 is 7.46. The minimum absolute atomic E-state index is 0.116. The summed E-state index contributed by atoms with van der Waals surface area (Å²) in [5.74, 6) is 0.782. The number of fused-ring (bicyclic) bond motifs is 1. The second-order valence-corrected chi connectivity index (χ2v) is 9.35. The fraction of sp³-hybridized carbons (Fsp3) is 0.344. The first-order valence-corrected chi connectivity index (χ1v) is 12.6. The lowest BCUT2D eigenvalue weighted by atomic mass is 9.90. The molecule has 6 heteroatoms. The second kappa shape index (κ2) is 14.7. The number of aldehydes is 1. The van der Waals surface area contributed by atoms with Gasteiger partial charge in [0, 0.05) is 47.4 Å². The number of aromatic nitrogens is 2. The van der Waals surface area contributed by atoms with Crippen LogP contribution in [-0.2, 0) is 24.7 Å². The summed E-state index contributed by atoms with van der Waals surface area (Å²) >= 11 is 0. The fourth-order valence-corrected chi connectivity index (χ4v) is 4.11. The van der Waals surface area contributed by atoms with Gasteiger partial charge >= 0.3 is 0 Å². The Balaban J connectivity index is 0.000000924. The number of carbonyl (C=O) groups excluding carboxylic acids is 1. The highest BCUT2D eigenvalue weighted by molar-refractivity contribution is 6.02. The van der Waals surface area contributed by atoms with E-state index in [0.717, 1.165) is 51.6 Å². The van der Waals surface area contributed by atoms with Gasteiger partial charge < -0.3 is 19.2 Å². The average molecular weight is 517 g/mol. The van der Waals surface area contributed by atoms with Gasteiger partial charge in [0.05, 0.1) is 17.7 Å². The van der Waals surface area contributed by atoms with E-state index in [1.54, 1.807) is 44.7 Å². The Bertz CT molecular complexity index is 1370. The van der Waals surface area contributed by atoms with Crippen molar-refractivity contribution < 1.29 is 14.6 Å². The Hall–Kier alpha value is -3.95.